The molecule has 6 N–H and O–H groups in total. The van der Waals surface area contributed by atoms with Gasteiger partial charge in [0.25, 0.3) is 0 Å². The van der Waals surface area contributed by atoms with Gasteiger partial charge in [0.2, 0.25) is 11.8 Å². The summed E-state index contributed by atoms with van der Waals surface area (Å²) >= 11 is 5.78. The van der Waals surface area contributed by atoms with Crippen LogP contribution in [0.25, 0.3) is 0 Å². The molecule has 1 heterocycles. The van der Waals surface area contributed by atoms with E-state index in [9.17, 15) is 9.59 Å². The van der Waals surface area contributed by atoms with Gasteiger partial charge in [-0.05, 0) is 11.6 Å². The number of hydrogen-bond acceptors (Lipinski definition) is 5. The van der Waals surface area contributed by atoms with E-state index < -0.39 is 0 Å². The predicted octanol–water partition coefficient (Wildman–Crippen LogP) is -0.992. The minimum Gasteiger partial charge on any atom is -0.382 e. The molecule has 8 heteroatoms. The third kappa shape index (κ3) is 4.56. The molecule has 0 aliphatic heterocycles. The van der Waals surface area contributed by atoms with Crippen molar-refractivity contribution < 1.29 is 9.59 Å². The second-order valence-corrected chi connectivity index (χ2v) is 3.88. The molecule has 0 spiro atoms. The molecule has 98 valence electrons. The van der Waals surface area contributed by atoms with Crippen molar-refractivity contribution in [1.29, 1.82) is 0 Å². The first-order chi connectivity index (χ1) is 8.52. The standard InChI is InChI=1S/C10H14ClN5O2/c11-7-1-6(4-16-10(7)13)3-14-9(18)5-15-8(17)2-12/h1,4H,2-3,5,12H2,(H2,13,16)(H,14,18)(H,15,17). The molecule has 0 fully saturated rings. The number of hydrogen-bond donors (Lipinski definition) is 4. The van der Waals surface area contributed by atoms with Crippen molar-refractivity contribution in [1.82, 2.24) is 15.6 Å². The fourth-order valence-electron chi connectivity index (χ4n) is 1.10. The average molecular weight is 272 g/mol. The number of carbonyl (C=O) groups excluding carboxylic acids is 2. The highest BCUT2D eigenvalue weighted by atomic mass is 35.5. The SMILES string of the molecule is NCC(=O)NCC(=O)NCc1cnc(N)c(Cl)c1. The van der Waals surface area contributed by atoms with Crippen molar-refractivity contribution in [3.05, 3.63) is 22.8 Å². The van der Waals surface area contributed by atoms with E-state index in [1.54, 1.807) is 6.07 Å². The monoisotopic (exact) mass is 271 g/mol. The highest BCUT2D eigenvalue weighted by Crippen LogP contribution is 2.16. The van der Waals surface area contributed by atoms with Gasteiger partial charge in [0.05, 0.1) is 18.1 Å². The zero-order chi connectivity index (χ0) is 13.5. The van der Waals surface area contributed by atoms with Crippen LogP contribution >= 0.6 is 11.6 Å². The second-order valence-electron chi connectivity index (χ2n) is 3.47. The molecule has 0 aliphatic carbocycles. The minimum atomic E-state index is -0.387. The number of halogens is 1. The molecular formula is C10H14ClN5O2. The molecule has 1 rings (SSSR count). The summed E-state index contributed by atoms with van der Waals surface area (Å²) in [5.74, 6) is -0.478. The topological polar surface area (TPSA) is 123 Å². The van der Waals surface area contributed by atoms with Crippen molar-refractivity contribution >= 4 is 29.2 Å². The molecular weight excluding hydrogens is 258 g/mol. The maximum Gasteiger partial charge on any atom is 0.239 e. The van der Waals surface area contributed by atoms with Crippen molar-refractivity contribution in [2.75, 3.05) is 18.8 Å². The smallest absolute Gasteiger partial charge is 0.239 e. The Morgan fingerprint density at radius 2 is 2.06 bits per heavy atom. The summed E-state index contributed by atoms with van der Waals surface area (Å²) in [5, 5.41) is 5.27. The van der Waals surface area contributed by atoms with E-state index in [1.165, 1.54) is 6.20 Å². The van der Waals surface area contributed by atoms with Crippen molar-refractivity contribution in [3.8, 4) is 0 Å². The average Bonchev–Trinajstić information content (AvgIpc) is 2.37. The summed E-state index contributed by atoms with van der Waals surface area (Å²) in [4.78, 5) is 26.0. The third-order valence-corrected chi connectivity index (χ3v) is 2.35. The number of aromatic nitrogens is 1. The van der Waals surface area contributed by atoms with Gasteiger partial charge in [-0.25, -0.2) is 4.98 Å². The Balaban J connectivity index is 2.38. The van der Waals surface area contributed by atoms with Gasteiger partial charge in [0.1, 0.15) is 5.82 Å². The number of nitrogens with one attached hydrogen (secondary N) is 2. The molecule has 0 atom stereocenters. The van der Waals surface area contributed by atoms with Crippen LogP contribution in [0.2, 0.25) is 5.02 Å². The number of amides is 2. The predicted molar refractivity (Wildman–Crippen MR) is 67.6 cm³/mol. The minimum absolute atomic E-state index is 0.119. The number of anilines is 1. The van der Waals surface area contributed by atoms with Crippen LogP contribution in [-0.4, -0.2) is 29.9 Å². The second kappa shape index (κ2) is 6.77. The van der Waals surface area contributed by atoms with Crippen LogP contribution < -0.4 is 22.1 Å². The van der Waals surface area contributed by atoms with E-state index in [4.69, 9.17) is 23.1 Å². The molecule has 2 amide bonds. The highest BCUT2D eigenvalue weighted by Gasteiger charge is 2.05. The fraction of sp³-hybridized carbons (Fsp3) is 0.300. The van der Waals surface area contributed by atoms with Crippen LogP contribution in [0.5, 0.6) is 0 Å². The molecule has 0 bridgehead atoms. The van der Waals surface area contributed by atoms with Crippen molar-refractivity contribution in [3.63, 3.8) is 0 Å². The first kappa shape index (κ1) is 14.2. The van der Waals surface area contributed by atoms with Crippen LogP contribution in [0, 0.1) is 0 Å². The van der Waals surface area contributed by atoms with Crippen molar-refractivity contribution in [2.45, 2.75) is 6.54 Å². The molecule has 0 aromatic carbocycles. The zero-order valence-corrected chi connectivity index (χ0v) is 10.3. The number of rotatable bonds is 5. The van der Waals surface area contributed by atoms with Gasteiger partial charge in [-0.15, -0.1) is 0 Å². The Morgan fingerprint density at radius 1 is 1.33 bits per heavy atom. The molecule has 1 aromatic heterocycles. The van der Waals surface area contributed by atoms with Gasteiger partial charge in [0.15, 0.2) is 0 Å². The van der Waals surface area contributed by atoms with Gasteiger partial charge < -0.3 is 22.1 Å². The van der Waals surface area contributed by atoms with E-state index in [0.717, 1.165) is 0 Å². The molecule has 1 aromatic rings. The number of nitrogen functional groups attached to an aromatic ring is 1. The fourth-order valence-corrected chi connectivity index (χ4v) is 1.29. The Morgan fingerprint density at radius 3 is 2.67 bits per heavy atom. The van der Waals surface area contributed by atoms with E-state index >= 15 is 0 Å². The van der Waals surface area contributed by atoms with Gasteiger partial charge in [-0.3, -0.25) is 9.59 Å². The summed E-state index contributed by atoms with van der Waals surface area (Å²) in [5.41, 5.74) is 11.2. The zero-order valence-electron chi connectivity index (χ0n) is 9.57. The van der Waals surface area contributed by atoms with Crippen LogP contribution in [0.4, 0.5) is 5.82 Å². The van der Waals surface area contributed by atoms with E-state index in [-0.39, 0.29) is 37.3 Å². The number of carbonyl (C=O) groups is 2. The molecule has 0 saturated heterocycles. The van der Waals surface area contributed by atoms with Crippen LogP contribution in [0.15, 0.2) is 12.3 Å². The quantitative estimate of drug-likeness (QED) is 0.547. The first-order valence-corrected chi connectivity index (χ1v) is 5.54. The molecule has 0 aliphatic rings. The highest BCUT2D eigenvalue weighted by molar-refractivity contribution is 6.32. The van der Waals surface area contributed by atoms with Crippen LogP contribution in [0.3, 0.4) is 0 Å². The molecule has 0 radical (unpaired) electrons. The number of nitrogens with two attached hydrogens (primary N) is 2. The van der Waals surface area contributed by atoms with E-state index in [1.807, 2.05) is 0 Å². The summed E-state index contributed by atoms with van der Waals surface area (Å²) in [7, 11) is 0. The molecule has 0 unspecified atom stereocenters. The molecule has 0 saturated carbocycles. The summed E-state index contributed by atoms with van der Waals surface area (Å²) < 4.78 is 0. The molecule has 7 nitrogen and oxygen atoms in total. The van der Waals surface area contributed by atoms with Gasteiger partial charge in [-0.2, -0.15) is 0 Å². The lowest BCUT2D eigenvalue weighted by Gasteiger charge is -2.07. The lowest BCUT2D eigenvalue weighted by atomic mass is 10.3. The van der Waals surface area contributed by atoms with Crippen LogP contribution in [0.1, 0.15) is 5.56 Å². The van der Waals surface area contributed by atoms with E-state index in [0.29, 0.717) is 10.6 Å². The Hall–Kier alpha value is -1.86. The lowest BCUT2D eigenvalue weighted by molar-refractivity contribution is -0.125. The maximum absolute atomic E-state index is 11.3. The first-order valence-electron chi connectivity index (χ1n) is 5.16. The maximum atomic E-state index is 11.3. The Labute approximate surface area is 109 Å². The Kier molecular flexibility index (Phi) is 5.34. The molecule has 18 heavy (non-hydrogen) atoms. The summed E-state index contributed by atoms with van der Waals surface area (Å²) in [6.07, 6.45) is 1.51. The van der Waals surface area contributed by atoms with Gasteiger partial charge in [0, 0.05) is 12.7 Å². The van der Waals surface area contributed by atoms with E-state index in [2.05, 4.69) is 15.6 Å². The van der Waals surface area contributed by atoms with Crippen molar-refractivity contribution in [2.24, 2.45) is 5.73 Å². The Bertz CT molecular complexity index is 452. The normalized spacial score (nSPS) is 9.89. The largest absolute Gasteiger partial charge is 0.382 e. The van der Waals surface area contributed by atoms with Crippen LogP contribution in [-0.2, 0) is 16.1 Å². The lowest BCUT2D eigenvalue weighted by Crippen LogP contribution is -2.39. The van der Waals surface area contributed by atoms with Gasteiger partial charge >= 0.3 is 0 Å². The summed E-state index contributed by atoms with van der Waals surface area (Å²) in [6.45, 7) is -0.0126. The van der Waals surface area contributed by atoms with Gasteiger partial charge in [-0.1, -0.05) is 11.6 Å². The number of nitrogens with zero attached hydrogens (tertiary/aromatic N) is 1. The number of pyridine rings is 1. The summed E-state index contributed by atoms with van der Waals surface area (Å²) in [6, 6.07) is 1.61. The third-order valence-electron chi connectivity index (χ3n) is 2.05.